The van der Waals surface area contributed by atoms with Crippen molar-refractivity contribution < 1.29 is 9.13 Å². The average Bonchev–Trinajstić information content (AvgIpc) is 2.42. The normalized spacial score (nSPS) is 9.05. The summed E-state index contributed by atoms with van der Waals surface area (Å²) in [6, 6.07) is 7.59. The van der Waals surface area contributed by atoms with Gasteiger partial charge >= 0.3 is 0 Å². The SMILES string of the molecule is COCCNc1ccc(F)cc1NC=C(C#N)C#N. The molecule has 0 aliphatic rings. The minimum atomic E-state index is -0.413. The third kappa shape index (κ3) is 4.66. The number of methoxy groups -OCH3 is 1. The van der Waals surface area contributed by atoms with Crippen LogP contribution in [0.4, 0.5) is 15.8 Å². The van der Waals surface area contributed by atoms with Gasteiger partial charge in [0, 0.05) is 19.9 Å². The Balaban J connectivity index is 2.86. The number of anilines is 2. The first-order valence-electron chi connectivity index (χ1n) is 5.50. The summed E-state index contributed by atoms with van der Waals surface area (Å²) in [7, 11) is 1.58. The molecule has 1 aromatic rings. The molecule has 1 rings (SSSR count). The molecular formula is C13H13FN4O. The van der Waals surface area contributed by atoms with E-state index in [0.29, 0.717) is 24.5 Å². The van der Waals surface area contributed by atoms with Gasteiger partial charge in [0.2, 0.25) is 0 Å². The quantitative estimate of drug-likeness (QED) is 0.605. The Hall–Kier alpha value is -2.57. The van der Waals surface area contributed by atoms with Crippen molar-refractivity contribution in [3.05, 3.63) is 35.8 Å². The number of nitrogens with zero attached hydrogens (tertiary/aromatic N) is 2. The molecule has 1 aromatic carbocycles. The van der Waals surface area contributed by atoms with E-state index in [1.165, 1.54) is 18.3 Å². The van der Waals surface area contributed by atoms with E-state index >= 15 is 0 Å². The van der Waals surface area contributed by atoms with E-state index in [1.807, 2.05) is 0 Å². The number of nitrogens with one attached hydrogen (secondary N) is 2. The summed E-state index contributed by atoms with van der Waals surface area (Å²) in [6.07, 6.45) is 1.23. The molecule has 0 heterocycles. The number of ether oxygens (including phenoxy) is 1. The van der Waals surface area contributed by atoms with Crippen molar-refractivity contribution in [1.82, 2.24) is 0 Å². The lowest BCUT2D eigenvalue weighted by atomic mass is 10.2. The van der Waals surface area contributed by atoms with E-state index in [-0.39, 0.29) is 5.57 Å². The number of hydrogen-bond donors (Lipinski definition) is 2. The van der Waals surface area contributed by atoms with E-state index in [9.17, 15) is 4.39 Å². The maximum absolute atomic E-state index is 13.2. The van der Waals surface area contributed by atoms with Crippen LogP contribution in [0.1, 0.15) is 0 Å². The molecule has 0 aliphatic carbocycles. The maximum atomic E-state index is 13.2. The molecule has 0 saturated carbocycles. The molecule has 0 atom stereocenters. The van der Waals surface area contributed by atoms with E-state index in [2.05, 4.69) is 10.6 Å². The van der Waals surface area contributed by atoms with Crippen LogP contribution >= 0.6 is 0 Å². The highest BCUT2D eigenvalue weighted by Gasteiger charge is 2.03. The molecule has 2 N–H and O–H groups in total. The van der Waals surface area contributed by atoms with Gasteiger partial charge in [0.25, 0.3) is 0 Å². The van der Waals surface area contributed by atoms with Gasteiger partial charge in [-0.3, -0.25) is 0 Å². The van der Waals surface area contributed by atoms with Gasteiger partial charge < -0.3 is 15.4 Å². The minimum Gasteiger partial charge on any atom is -0.383 e. The molecule has 0 unspecified atom stereocenters. The summed E-state index contributed by atoms with van der Waals surface area (Å²) in [6.45, 7) is 1.07. The fourth-order valence-corrected chi connectivity index (χ4v) is 1.32. The summed E-state index contributed by atoms with van der Waals surface area (Å²) in [5, 5.41) is 23.0. The molecular weight excluding hydrogens is 247 g/mol. The van der Waals surface area contributed by atoms with Gasteiger partial charge in [-0.15, -0.1) is 0 Å². The summed E-state index contributed by atoms with van der Waals surface area (Å²) in [4.78, 5) is 0. The van der Waals surface area contributed by atoms with Crippen LogP contribution in [0.5, 0.6) is 0 Å². The lowest BCUT2D eigenvalue weighted by molar-refractivity contribution is 0.211. The van der Waals surface area contributed by atoms with Crippen molar-refractivity contribution in [1.29, 1.82) is 10.5 Å². The van der Waals surface area contributed by atoms with Crippen LogP contribution in [-0.4, -0.2) is 20.3 Å². The van der Waals surface area contributed by atoms with Gasteiger partial charge in [0.1, 0.15) is 23.5 Å². The smallest absolute Gasteiger partial charge is 0.145 e. The molecule has 0 aliphatic heterocycles. The standard InChI is InChI=1S/C13H13FN4O/c1-19-5-4-17-12-3-2-11(14)6-13(12)18-9-10(7-15)8-16/h2-3,6,9,17-18H,4-5H2,1H3. The van der Waals surface area contributed by atoms with Crippen LogP contribution in [0, 0.1) is 28.5 Å². The average molecular weight is 260 g/mol. The first-order chi connectivity index (χ1) is 9.21. The van der Waals surface area contributed by atoms with Gasteiger partial charge in [0.15, 0.2) is 0 Å². The lowest BCUT2D eigenvalue weighted by Crippen LogP contribution is -2.09. The molecule has 6 heteroatoms. The number of nitriles is 2. The van der Waals surface area contributed by atoms with Gasteiger partial charge in [-0.05, 0) is 18.2 Å². The first-order valence-corrected chi connectivity index (χ1v) is 5.50. The number of allylic oxidation sites excluding steroid dienone is 1. The maximum Gasteiger partial charge on any atom is 0.145 e. The minimum absolute atomic E-state index is 0.0906. The van der Waals surface area contributed by atoms with Crippen LogP contribution in [0.25, 0.3) is 0 Å². The fraction of sp³-hybridized carbons (Fsp3) is 0.231. The zero-order valence-electron chi connectivity index (χ0n) is 10.4. The van der Waals surface area contributed by atoms with Crippen LogP contribution in [0.2, 0.25) is 0 Å². The molecule has 0 fully saturated rings. The van der Waals surface area contributed by atoms with Gasteiger partial charge in [-0.2, -0.15) is 10.5 Å². The van der Waals surface area contributed by atoms with E-state index in [1.54, 1.807) is 25.3 Å². The molecule has 98 valence electrons. The van der Waals surface area contributed by atoms with Crippen molar-refractivity contribution in [3.63, 3.8) is 0 Å². The molecule has 0 amide bonds. The second-order valence-corrected chi connectivity index (χ2v) is 3.54. The monoisotopic (exact) mass is 260 g/mol. The predicted molar refractivity (Wildman–Crippen MR) is 69.7 cm³/mol. The van der Waals surface area contributed by atoms with Gasteiger partial charge in [0.05, 0.1) is 18.0 Å². The number of rotatable bonds is 6. The highest BCUT2D eigenvalue weighted by molar-refractivity contribution is 5.70. The summed E-state index contributed by atoms with van der Waals surface area (Å²) in [5.41, 5.74) is 1.01. The zero-order chi connectivity index (χ0) is 14.1. The van der Waals surface area contributed by atoms with Gasteiger partial charge in [-0.1, -0.05) is 0 Å². The molecule has 0 saturated heterocycles. The molecule has 0 aromatic heterocycles. The third-order valence-electron chi connectivity index (χ3n) is 2.22. The summed E-state index contributed by atoms with van der Waals surface area (Å²) in [5.74, 6) is -0.413. The Morgan fingerprint density at radius 3 is 2.74 bits per heavy atom. The topological polar surface area (TPSA) is 80.9 Å². The van der Waals surface area contributed by atoms with E-state index < -0.39 is 5.82 Å². The third-order valence-corrected chi connectivity index (χ3v) is 2.22. The summed E-state index contributed by atoms with van der Waals surface area (Å²) >= 11 is 0. The molecule has 19 heavy (non-hydrogen) atoms. The second kappa shape index (κ2) is 7.70. The van der Waals surface area contributed by atoms with Crippen molar-refractivity contribution in [2.75, 3.05) is 30.9 Å². The molecule has 5 nitrogen and oxygen atoms in total. The van der Waals surface area contributed by atoms with E-state index in [0.717, 1.165) is 0 Å². The molecule has 0 spiro atoms. The first kappa shape index (κ1) is 14.5. The zero-order valence-corrected chi connectivity index (χ0v) is 10.4. The fourth-order valence-electron chi connectivity index (χ4n) is 1.32. The Morgan fingerprint density at radius 2 is 2.11 bits per heavy atom. The number of halogens is 1. The Labute approximate surface area is 110 Å². The number of hydrogen-bond acceptors (Lipinski definition) is 5. The van der Waals surface area contributed by atoms with Crippen molar-refractivity contribution in [2.45, 2.75) is 0 Å². The van der Waals surface area contributed by atoms with Crippen LogP contribution in [0.15, 0.2) is 30.0 Å². The van der Waals surface area contributed by atoms with Gasteiger partial charge in [-0.25, -0.2) is 4.39 Å². The van der Waals surface area contributed by atoms with Crippen molar-refractivity contribution in [3.8, 4) is 12.1 Å². The van der Waals surface area contributed by atoms with E-state index in [4.69, 9.17) is 15.3 Å². The van der Waals surface area contributed by atoms with Crippen LogP contribution < -0.4 is 10.6 Å². The van der Waals surface area contributed by atoms with Crippen molar-refractivity contribution in [2.24, 2.45) is 0 Å². The second-order valence-electron chi connectivity index (χ2n) is 3.54. The molecule has 0 radical (unpaired) electrons. The Bertz CT molecular complexity index is 527. The largest absolute Gasteiger partial charge is 0.383 e. The van der Waals surface area contributed by atoms with Crippen molar-refractivity contribution >= 4 is 11.4 Å². The predicted octanol–water partition coefficient (Wildman–Crippen LogP) is 2.23. The number of benzene rings is 1. The summed E-state index contributed by atoms with van der Waals surface area (Å²) < 4.78 is 18.1. The highest BCUT2D eigenvalue weighted by atomic mass is 19.1. The highest BCUT2D eigenvalue weighted by Crippen LogP contribution is 2.22. The van der Waals surface area contributed by atoms with Crippen LogP contribution in [0.3, 0.4) is 0 Å². The Morgan fingerprint density at radius 1 is 1.37 bits per heavy atom. The van der Waals surface area contributed by atoms with Crippen LogP contribution in [-0.2, 0) is 4.74 Å². The molecule has 0 bridgehead atoms. The lowest BCUT2D eigenvalue weighted by Gasteiger charge is -2.11. The Kier molecular flexibility index (Phi) is 5.87.